The lowest BCUT2D eigenvalue weighted by molar-refractivity contribution is 0.128. The van der Waals surface area contributed by atoms with E-state index >= 15 is 0 Å². The van der Waals surface area contributed by atoms with Crippen LogP contribution in [0.2, 0.25) is 0 Å². The largest absolute Gasteiger partial charge is 0.465 e. The van der Waals surface area contributed by atoms with Gasteiger partial charge in [0, 0.05) is 37.6 Å². The molecule has 1 saturated carbocycles. The Bertz CT molecular complexity index is 488. The van der Waals surface area contributed by atoms with Gasteiger partial charge in [0.2, 0.25) is 5.95 Å². The molecule has 6 nitrogen and oxygen atoms in total. The van der Waals surface area contributed by atoms with Crippen molar-refractivity contribution >= 4 is 12.0 Å². The lowest BCUT2D eigenvalue weighted by Gasteiger charge is -2.43. The summed E-state index contributed by atoms with van der Waals surface area (Å²) in [6.45, 7) is 5.02. The van der Waals surface area contributed by atoms with Crippen LogP contribution in [-0.2, 0) is 0 Å². The molecule has 1 saturated heterocycles. The van der Waals surface area contributed by atoms with Gasteiger partial charge in [-0.2, -0.15) is 0 Å². The molecule has 2 fully saturated rings. The highest BCUT2D eigenvalue weighted by Crippen LogP contribution is 2.39. The summed E-state index contributed by atoms with van der Waals surface area (Å²) in [5.41, 5.74) is 1.22. The normalized spacial score (nSPS) is 26.7. The van der Waals surface area contributed by atoms with Gasteiger partial charge in [0.15, 0.2) is 0 Å². The van der Waals surface area contributed by atoms with Crippen molar-refractivity contribution in [1.29, 1.82) is 0 Å². The van der Waals surface area contributed by atoms with Crippen LogP contribution in [0.25, 0.3) is 0 Å². The molecular weight excluding hydrogens is 256 g/mol. The van der Waals surface area contributed by atoms with E-state index in [0.717, 1.165) is 0 Å². The maximum absolute atomic E-state index is 11.1. The summed E-state index contributed by atoms with van der Waals surface area (Å²) in [6, 6.07) is 0.170. The van der Waals surface area contributed by atoms with E-state index in [2.05, 4.69) is 14.9 Å². The van der Waals surface area contributed by atoms with Gasteiger partial charge in [0.05, 0.1) is 0 Å². The third kappa shape index (κ3) is 2.42. The van der Waals surface area contributed by atoms with E-state index in [4.69, 9.17) is 5.11 Å². The second kappa shape index (κ2) is 4.92. The fourth-order valence-corrected chi connectivity index (χ4v) is 2.97. The summed E-state index contributed by atoms with van der Waals surface area (Å²) in [5, 5.41) is 9.11. The number of rotatable bonds is 2. The Balaban J connectivity index is 1.76. The number of aromatic nitrogens is 2. The fourth-order valence-electron chi connectivity index (χ4n) is 2.97. The average Bonchev–Trinajstić information content (AvgIpc) is 3.23. The van der Waals surface area contributed by atoms with Gasteiger partial charge in [-0.15, -0.1) is 0 Å². The number of amides is 1. The standard InChI is InChI=1S/C14H20N4O2/c1-9-7-17(14(19)20)8-10(2)18(9)13-15-5-12(6-16-13)11-3-4-11/h5-6,9-11H,3-4,7-8H2,1-2H3,(H,19,20)/t9-,10?/m0/s1. The second-order valence-electron chi connectivity index (χ2n) is 5.88. The molecule has 1 aromatic heterocycles. The van der Waals surface area contributed by atoms with Crippen LogP contribution in [0.3, 0.4) is 0 Å². The van der Waals surface area contributed by atoms with Crippen LogP contribution in [-0.4, -0.2) is 51.2 Å². The summed E-state index contributed by atoms with van der Waals surface area (Å²) >= 11 is 0. The third-order valence-corrected chi connectivity index (χ3v) is 4.13. The summed E-state index contributed by atoms with van der Waals surface area (Å²) < 4.78 is 0. The number of nitrogens with zero attached hydrogens (tertiary/aromatic N) is 4. The van der Waals surface area contributed by atoms with Crippen molar-refractivity contribution in [3.63, 3.8) is 0 Å². The lowest BCUT2D eigenvalue weighted by atomic mass is 10.1. The number of carboxylic acid groups (broad SMARTS) is 1. The number of piperazine rings is 1. The van der Waals surface area contributed by atoms with Gasteiger partial charge in [-0.3, -0.25) is 0 Å². The Morgan fingerprint density at radius 3 is 2.20 bits per heavy atom. The van der Waals surface area contributed by atoms with E-state index in [1.54, 1.807) is 0 Å². The highest BCUT2D eigenvalue weighted by atomic mass is 16.4. The first-order valence-electron chi connectivity index (χ1n) is 7.14. The van der Waals surface area contributed by atoms with Gasteiger partial charge in [-0.05, 0) is 38.2 Å². The third-order valence-electron chi connectivity index (χ3n) is 4.13. The monoisotopic (exact) mass is 276 g/mol. The lowest BCUT2D eigenvalue weighted by Crippen LogP contribution is -2.58. The minimum atomic E-state index is -0.853. The predicted octanol–water partition coefficient (Wildman–Crippen LogP) is 1.93. The van der Waals surface area contributed by atoms with Gasteiger partial charge in [0.25, 0.3) is 0 Å². The molecule has 1 N–H and O–H groups in total. The van der Waals surface area contributed by atoms with Crippen molar-refractivity contribution < 1.29 is 9.90 Å². The minimum Gasteiger partial charge on any atom is -0.465 e. The van der Waals surface area contributed by atoms with Crippen molar-refractivity contribution in [2.75, 3.05) is 18.0 Å². The molecule has 2 atom stereocenters. The molecular formula is C14H20N4O2. The van der Waals surface area contributed by atoms with Gasteiger partial charge in [-0.25, -0.2) is 14.8 Å². The van der Waals surface area contributed by atoms with E-state index in [0.29, 0.717) is 25.0 Å². The number of anilines is 1. The molecule has 6 heteroatoms. The quantitative estimate of drug-likeness (QED) is 0.893. The Hall–Kier alpha value is -1.85. The van der Waals surface area contributed by atoms with Crippen LogP contribution in [0.1, 0.15) is 38.2 Å². The zero-order valence-corrected chi connectivity index (χ0v) is 11.9. The fraction of sp³-hybridized carbons (Fsp3) is 0.643. The van der Waals surface area contributed by atoms with Crippen LogP contribution < -0.4 is 4.90 Å². The molecule has 0 spiro atoms. The summed E-state index contributed by atoms with van der Waals surface area (Å²) in [6.07, 6.45) is 5.47. The summed E-state index contributed by atoms with van der Waals surface area (Å²) in [5.74, 6) is 1.36. The van der Waals surface area contributed by atoms with Gasteiger partial charge in [0.1, 0.15) is 0 Å². The smallest absolute Gasteiger partial charge is 0.407 e. The van der Waals surface area contributed by atoms with Crippen molar-refractivity contribution in [3.8, 4) is 0 Å². The van der Waals surface area contributed by atoms with Gasteiger partial charge < -0.3 is 14.9 Å². The van der Waals surface area contributed by atoms with Crippen LogP contribution >= 0.6 is 0 Å². The first kappa shape index (κ1) is 13.1. The van der Waals surface area contributed by atoms with Gasteiger partial charge >= 0.3 is 6.09 Å². The van der Waals surface area contributed by atoms with Crippen molar-refractivity contribution in [2.45, 2.75) is 44.7 Å². The number of hydrogen-bond donors (Lipinski definition) is 1. The zero-order valence-electron chi connectivity index (χ0n) is 11.9. The average molecular weight is 276 g/mol. The van der Waals surface area contributed by atoms with Gasteiger partial charge in [-0.1, -0.05) is 0 Å². The summed E-state index contributed by atoms with van der Waals surface area (Å²) in [7, 11) is 0. The molecule has 1 amide bonds. The van der Waals surface area contributed by atoms with Crippen LogP contribution in [0, 0.1) is 0 Å². The molecule has 2 heterocycles. The van der Waals surface area contributed by atoms with E-state index in [9.17, 15) is 4.79 Å². The molecule has 0 radical (unpaired) electrons. The first-order chi connectivity index (χ1) is 9.56. The molecule has 1 unspecified atom stereocenters. The van der Waals surface area contributed by atoms with E-state index in [-0.39, 0.29) is 12.1 Å². The van der Waals surface area contributed by atoms with E-state index in [1.165, 1.54) is 23.3 Å². The van der Waals surface area contributed by atoms with Crippen molar-refractivity contribution in [3.05, 3.63) is 18.0 Å². The Labute approximate surface area is 118 Å². The second-order valence-corrected chi connectivity index (χ2v) is 5.88. The van der Waals surface area contributed by atoms with Crippen LogP contribution in [0.5, 0.6) is 0 Å². The molecule has 2 aliphatic rings. The highest BCUT2D eigenvalue weighted by Gasteiger charge is 2.33. The molecule has 1 aliphatic carbocycles. The topological polar surface area (TPSA) is 69.6 Å². The van der Waals surface area contributed by atoms with Crippen LogP contribution in [0.15, 0.2) is 12.4 Å². The molecule has 0 bridgehead atoms. The molecule has 20 heavy (non-hydrogen) atoms. The van der Waals surface area contributed by atoms with Crippen LogP contribution in [0.4, 0.5) is 10.7 Å². The molecule has 108 valence electrons. The SMILES string of the molecule is CC1CN(C(=O)O)C[C@H](C)N1c1ncc(C2CC2)cn1. The maximum atomic E-state index is 11.1. The Morgan fingerprint density at radius 2 is 1.75 bits per heavy atom. The van der Waals surface area contributed by atoms with Crippen molar-refractivity contribution in [2.24, 2.45) is 0 Å². The molecule has 1 aromatic rings. The molecule has 3 rings (SSSR count). The van der Waals surface area contributed by atoms with E-state index in [1.807, 2.05) is 26.2 Å². The minimum absolute atomic E-state index is 0.0848. The molecule has 1 aliphatic heterocycles. The highest BCUT2D eigenvalue weighted by molar-refractivity contribution is 5.65. The maximum Gasteiger partial charge on any atom is 0.407 e. The molecule has 0 aromatic carbocycles. The van der Waals surface area contributed by atoms with E-state index < -0.39 is 6.09 Å². The number of hydrogen-bond acceptors (Lipinski definition) is 4. The Morgan fingerprint density at radius 1 is 1.20 bits per heavy atom. The number of carbonyl (C=O) groups is 1. The van der Waals surface area contributed by atoms with Crippen molar-refractivity contribution in [1.82, 2.24) is 14.9 Å². The zero-order chi connectivity index (χ0) is 14.3. The summed E-state index contributed by atoms with van der Waals surface area (Å²) in [4.78, 5) is 23.6. The predicted molar refractivity (Wildman–Crippen MR) is 75.0 cm³/mol. The first-order valence-corrected chi connectivity index (χ1v) is 7.14. The Kier molecular flexibility index (Phi) is 3.23.